The van der Waals surface area contributed by atoms with E-state index in [9.17, 15) is 0 Å². The Balaban J connectivity index is 1.85. The molecule has 2 aromatic rings. The molecule has 3 nitrogen and oxygen atoms in total. The van der Waals surface area contributed by atoms with Crippen LogP contribution in [0.4, 0.5) is 5.69 Å². The lowest BCUT2D eigenvalue weighted by Gasteiger charge is -2.10. The van der Waals surface area contributed by atoms with Crippen LogP contribution in [0.15, 0.2) is 36.4 Å². The van der Waals surface area contributed by atoms with Gasteiger partial charge in [-0.2, -0.15) is 0 Å². The SMILES string of the molecule is COc1cc(Oc2ccc3c(c2)CCC3)ccc1N. The zero-order valence-corrected chi connectivity index (χ0v) is 11.0. The van der Waals surface area contributed by atoms with Crippen LogP contribution < -0.4 is 15.2 Å². The minimum absolute atomic E-state index is 0.615. The highest BCUT2D eigenvalue weighted by molar-refractivity contribution is 5.56. The van der Waals surface area contributed by atoms with Gasteiger partial charge in [0.05, 0.1) is 12.8 Å². The molecule has 1 aliphatic rings. The standard InChI is InChI=1S/C16H17NO2/c1-18-16-10-14(7-8-15(16)17)19-13-6-5-11-3-2-4-12(11)9-13/h5-10H,2-4,17H2,1H3. The topological polar surface area (TPSA) is 44.5 Å². The predicted molar refractivity (Wildman–Crippen MR) is 75.9 cm³/mol. The summed E-state index contributed by atoms with van der Waals surface area (Å²) < 4.78 is 11.1. The third-order valence-electron chi connectivity index (χ3n) is 3.51. The van der Waals surface area contributed by atoms with E-state index in [0.717, 1.165) is 17.9 Å². The molecule has 0 amide bonds. The van der Waals surface area contributed by atoms with Crippen molar-refractivity contribution in [1.82, 2.24) is 0 Å². The highest BCUT2D eigenvalue weighted by Crippen LogP contribution is 2.32. The van der Waals surface area contributed by atoms with Gasteiger partial charge in [0.15, 0.2) is 0 Å². The van der Waals surface area contributed by atoms with E-state index in [-0.39, 0.29) is 0 Å². The van der Waals surface area contributed by atoms with E-state index in [0.29, 0.717) is 11.4 Å². The fraction of sp³-hybridized carbons (Fsp3) is 0.250. The molecule has 0 fully saturated rings. The molecular formula is C16H17NO2. The zero-order chi connectivity index (χ0) is 13.2. The second kappa shape index (κ2) is 4.84. The number of fused-ring (bicyclic) bond motifs is 1. The summed E-state index contributed by atoms with van der Waals surface area (Å²) >= 11 is 0. The second-order valence-corrected chi connectivity index (χ2v) is 4.79. The second-order valence-electron chi connectivity index (χ2n) is 4.79. The highest BCUT2D eigenvalue weighted by atomic mass is 16.5. The Hall–Kier alpha value is -2.16. The lowest BCUT2D eigenvalue weighted by Crippen LogP contribution is -1.93. The Morgan fingerprint density at radius 3 is 2.53 bits per heavy atom. The summed E-state index contributed by atoms with van der Waals surface area (Å²) in [5.74, 6) is 2.25. The summed E-state index contributed by atoms with van der Waals surface area (Å²) in [6.45, 7) is 0. The molecular weight excluding hydrogens is 238 g/mol. The van der Waals surface area contributed by atoms with Gasteiger partial charge >= 0.3 is 0 Å². The van der Waals surface area contributed by atoms with E-state index in [4.69, 9.17) is 15.2 Å². The van der Waals surface area contributed by atoms with Crippen molar-refractivity contribution in [2.45, 2.75) is 19.3 Å². The number of rotatable bonds is 3. The van der Waals surface area contributed by atoms with Gasteiger partial charge in [0.2, 0.25) is 0 Å². The molecule has 0 spiro atoms. The average molecular weight is 255 g/mol. The van der Waals surface area contributed by atoms with Crippen LogP contribution in [0.25, 0.3) is 0 Å². The Labute approximate surface area is 113 Å². The number of ether oxygens (including phenoxy) is 2. The van der Waals surface area contributed by atoms with Gasteiger partial charge in [-0.05, 0) is 54.7 Å². The molecule has 0 atom stereocenters. The maximum Gasteiger partial charge on any atom is 0.145 e. The fourth-order valence-electron chi connectivity index (χ4n) is 2.50. The smallest absolute Gasteiger partial charge is 0.145 e. The molecule has 2 aromatic carbocycles. The van der Waals surface area contributed by atoms with E-state index in [2.05, 4.69) is 12.1 Å². The van der Waals surface area contributed by atoms with Crippen molar-refractivity contribution in [3.05, 3.63) is 47.5 Å². The number of hydrogen-bond acceptors (Lipinski definition) is 3. The molecule has 98 valence electrons. The van der Waals surface area contributed by atoms with Crippen molar-refractivity contribution < 1.29 is 9.47 Å². The molecule has 3 rings (SSSR count). The maximum atomic E-state index is 5.87. The molecule has 19 heavy (non-hydrogen) atoms. The number of benzene rings is 2. The van der Waals surface area contributed by atoms with E-state index >= 15 is 0 Å². The number of aryl methyl sites for hydroxylation is 2. The molecule has 0 aliphatic heterocycles. The zero-order valence-electron chi connectivity index (χ0n) is 11.0. The number of anilines is 1. The maximum absolute atomic E-state index is 5.87. The first-order valence-corrected chi connectivity index (χ1v) is 6.49. The predicted octanol–water partition coefficient (Wildman–Crippen LogP) is 3.56. The quantitative estimate of drug-likeness (QED) is 0.853. The van der Waals surface area contributed by atoms with E-state index < -0.39 is 0 Å². The van der Waals surface area contributed by atoms with Crippen molar-refractivity contribution >= 4 is 5.69 Å². The van der Waals surface area contributed by atoms with Crippen molar-refractivity contribution in [1.29, 1.82) is 0 Å². The molecule has 0 heterocycles. The molecule has 0 unspecified atom stereocenters. The van der Waals surface area contributed by atoms with Gasteiger partial charge in [-0.25, -0.2) is 0 Å². The number of nitrogen functional groups attached to an aromatic ring is 1. The van der Waals surface area contributed by atoms with Crippen molar-refractivity contribution in [3.63, 3.8) is 0 Å². The summed E-state index contributed by atoms with van der Waals surface area (Å²) in [4.78, 5) is 0. The first-order valence-electron chi connectivity index (χ1n) is 6.49. The molecule has 1 aliphatic carbocycles. The highest BCUT2D eigenvalue weighted by Gasteiger charge is 2.11. The minimum atomic E-state index is 0.615. The summed E-state index contributed by atoms with van der Waals surface area (Å²) in [7, 11) is 1.60. The first kappa shape index (κ1) is 11.9. The lowest BCUT2D eigenvalue weighted by molar-refractivity contribution is 0.411. The Morgan fingerprint density at radius 1 is 0.947 bits per heavy atom. The fourth-order valence-corrected chi connectivity index (χ4v) is 2.50. The van der Waals surface area contributed by atoms with Crippen LogP contribution in [0.2, 0.25) is 0 Å². The van der Waals surface area contributed by atoms with Crippen molar-refractivity contribution in [2.75, 3.05) is 12.8 Å². The minimum Gasteiger partial charge on any atom is -0.494 e. The molecule has 3 heteroatoms. The molecule has 0 radical (unpaired) electrons. The number of nitrogens with two attached hydrogens (primary N) is 1. The van der Waals surface area contributed by atoms with Crippen molar-refractivity contribution in [2.24, 2.45) is 0 Å². The first-order chi connectivity index (χ1) is 9.26. The van der Waals surface area contributed by atoms with E-state index in [1.165, 1.54) is 24.0 Å². The number of hydrogen-bond donors (Lipinski definition) is 1. The third-order valence-corrected chi connectivity index (χ3v) is 3.51. The van der Waals surface area contributed by atoms with Gasteiger partial charge in [-0.15, -0.1) is 0 Å². The van der Waals surface area contributed by atoms with Gasteiger partial charge in [-0.1, -0.05) is 6.07 Å². The van der Waals surface area contributed by atoms with Crippen LogP contribution in [-0.2, 0) is 12.8 Å². The summed E-state index contributed by atoms with van der Waals surface area (Å²) in [6.07, 6.45) is 3.58. The largest absolute Gasteiger partial charge is 0.494 e. The molecule has 2 N–H and O–H groups in total. The van der Waals surface area contributed by atoms with Crippen LogP contribution in [0, 0.1) is 0 Å². The van der Waals surface area contributed by atoms with Crippen LogP contribution in [0.3, 0.4) is 0 Å². The van der Waals surface area contributed by atoms with E-state index in [1.807, 2.05) is 18.2 Å². The third kappa shape index (κ3) is 2.36. The lowest BCUT2D eigenvalue weighted by atomic mass is 10.1. The molecule has 0 aromatic heterocycles. The van der Waals surface area contributed by atoms with Crippen LogP contribution >= 0.6 is 0 Å². The van der Waals surface area contributed by atoms with Crippen molar-refractivity contribution in [3.8, 4) is 17.2 Å². The average Bonchev–Trinajstić information content (AvgIpc) is 2.88. The summed E-state index contributed by atoms with van der Waals surface area (Å²) in [6, 6.07) is 11.8. The van der Waals surface area contributed by atoms with Gasteiger partial charge < -0.3 is 15.2 Å². The number of methoxy groups -OCH3 is 1. The summed E-state index contributed by atoms with van der Waals surface area (Å²) in [5.41, 5.74) is 9.25. The molecule has 0 saturated carbocycles. The molecule has 0 bridgehead atoms. The van der Waals surface area contributed by atoms with Crippen LogP contribution in [-0.4, -0.2) is 7.11 Å². The van der Waals surface area contributed by atoms with Gasteiger partial charge in [0, 0.05) is 6.07 Å². The van der Waals surface area contributed by atoms with Gasteiger partial charge in [0.25, 0.3) is 0 Å². The Morgan fingerprint density at radius 2 is 1.68 bits per heavy atom. The van der Waals surface area contributed by atoms with Crippen LogP contribution in [0.1, 0.15) is 17.5 Å². The van der Waals surface area contributed by atoms with E-state index in [1.54, 1.807) is 13.2 Å². The Kier molecular flexibility index (Phi) is 3.03. The van der Waals surface area contributed by atoms with Gasteiger partial charge in [-0.3, -0.25) is 0 Å². The molecule has 0 saturated heterocycles. The normalized spacial score (nSPS) is 13.1. The monoisotopic (exact) mass is 255 g/mol. The summed E-state index contributed by atoms with van der Waals surface area (Å²) in [5, 5.41) is 0. The van der Waals surface area contributed by atoms with Gasteiger partial charge in [0.1, 0.15) is 17.2 Å². The van der Waals surface area contributed by atoms with Crippen LogP contribution in [0.5, 0.6) is 17.2 Å². The Bertz CT molecular complexity index is 599.